The second kappa shape index (κ2) is 5.52. The molecule has 1 N–H and O–H groups in total. The molecular weight excluding hydrogens is 299 g/mol. The van der Waals surface area contributed by atoms with E-state index in [0.717, 1.165) is 18.7 Å². The standard InChI is InChI=1S/C13H12Cl2N4O/c14-9-2-1-8(11(15)4-9)3-13(20)12-7-19(18-17-12)10-5-16-6-10/h1-2,4,7,10,16H,3,5-6H2. The van der Waals surface area contributed by atoms with Gasteiger partial charge in [0.15, 0.2) is 5.78 Å². The fourth-order valence-electron chi connectivity index (χ4n) is 1.97. The number of hydrogen-bond acceptors (Lipinski definition) is 4. The zero-order chi connectivity index (χ0) is 14.1. The summed E-state index contributed by atoms with van der Waals surface area (Å²) < 4.78 is 1.73. The Balaban J connectivity index is 1.73. The summed E-state index contributed by atoms with van der Waals surface area (Å²) in [4.78, 5) is 12.2. The maximum Gasteiger partial charge on any atom is 0.189 e. The van der Waals surface area contributed by atoms with Crippen molar-refractivity contribution in [3.05, 3.63) is 45.7 Å². The van der Waals surface area contributed by atoms with Crippen molar-refractivity contribution in [2.75, 3.05) is 13.1 Å². The molecular formula is C13H12Cl2N4O. The van der Waals surface area contributed by atoms with Gasteiger partial charge in [-0.25, -0.2) is 4.68 Å². The van der Waals surface area contributed by atoms with Crippen LogP contribution in [0.5, 0.6) is 0 Å². The van der Waals surface area contributed by atoms with Crippen molar-refractivity contribution in [1.82, 2.24) is 20.3 Å². The molecule has 0 spiro atoms. The average molecular weight is 311 g/mol. The number of Topliss-reactive ketones (excluding diaryl/α,β-unsaturated/α-hetero) is 1. The molecule has 3 rings (SSSR count). The first-order valence-electron chi connectivity index (χ1n) is 6.23. The number of carbonyl (C=O) groups excluding carboxylic acids is 1. The number of ketones is 1. The summed E-state index contributed by atoms with van der Waals surface area (Å²) in [7, 11) is 0. The molecule has 0 saturated carbocycles. The van der Waals surface area contributed by atoms with E-state index in [1.54, 1.807) is 29.1 Å². The third kappa shape index (κ3) is 2.70. The van der Waals surface area contributed by atoms with Gasteiger partial charge < -0.3 is 5.32 Å². The van der Waals surface area contributed by atoms with E-state index in [1.807, 2.05) is 0 Å². The van der Waals surface area contributed by atoms with Crippen LogP contribution in [0.25, 0.3) is 0 Å². The van der Waals surface area contributed by atoms with Gasteiger partial charge in [0, 0.05) is 29.6 Å². The Hall–Kier alpha value is -1.43. The van der Waals surface area contributed by atoms with Gasteiger partial charge in [0.05, 0.1) is 12.2 Å². The summed E-state index contributed by atoms with van der Waals surface area (Å²) in [6.07, 6.45) is 1.88. The third-order valence-electron chi connectivity index (χ3n) is 3.30. The Bertz CT molecular complexity index is 652. The lowest BCUT2D eigenvalue weighted by atomic mass is 10.1. The molecule has 5 nitrogen and oxygen atoms in total. The van der Waals surface area contributed by atoms with Crippen LogP contribution in [-0.2, 0) is 6.42 Å². The summed E-state index contributed by atoms with van der Waals surface area (Å²) in [6, 6.07) is 5.39. The average Bonchev–Trinajstić information content (AvgIpc) is 2.80. The fraction of sp³-hybridized carbons (Fsp3) is 0.308. The van der Waals surface area contributed by atoms with Gasteiger partial charge in [0.2, 0.25) is 0 Å². The molecule has 1 aliphatic rings. The first-order valence-corrected chi connectivity index (χ1v) is 6.99. The lowest BCUT2D eigenvalue weighted by Gasteiger charge is -2.26. The maximum absolute atomic E-state index is 12.2. The largest absolute Gasteiger partial charge is 0.312 e. The highest BCUT2D eigenvalue weighted by Crippen LogP contribution is 2.22. The van der Waals surface area contributed by atoms with Crippen molar-refractivity contribution in [2.24, 2.45) is 0 Å². The van der Waals surface area contributed by atoms with E-state index in [9.17, 15) is 4.79 Å². The lowest BCUT2D eigenvalue weighted by Crippen LogP contribution is -2.43. The number of nitrogens with zero attached hydrogens (tertiary/aromatic N) is 3. The molecule has 1 aromatic heterocycles. The van der Waals surface area contributed by atoms with Crippen molar-refractivity contribution in [2.45, 2.75) is 12.5 Å². The van der Waals surface area contributed by atoms with Gasteiger partial charge in [0.1, 0.15) is 5.69 Å². The summed E-state index contributed by atoms with van der Waals surface area (Å²) >= 11 is 11.9. The number of benzene rings is 1. The molecule has 0 unspecified atom stereocenters. The van der Waals surface area contributed by atoms with Gasteiger partial charge in [-0.3, -0.25) is 4.79 Å². The van der Waals surface area contributed by atoms with Gasteiger partial charge in [-0.1, -0.05) is 34.5 Å². The maximum atomic E-state index is 12.2. The minimum atomic E-state index is -0.104. The minimum absolute atomic E-state index is 0.104. The van der Waals surface area contributed by atoms with Crippen molar-refractivity contribution < 1.29 is 4.79 Å². The zero-order valence-electron chi connectivity index (χ0n) is 10.5. The lowest BCUT2D eigenvalue weighted by molar-refractivity contribution is 0.0988. The molecule has 0 amide bonds. The van der Waals surface area contributed by atoms with Crippen LogP contribution >= 0.6 is 23.2 Å². The van der Waals surface area contributed by atoms with Crippen LogP contribution in [0.1, 0.15) is 22.1 Å². The zero-order valence-corrected chi connectivity index (χ0v) is 12.0. The quantitative estimate of drug-likeness (QED) is 0.879. The molecule has 20 heavy (non-hydrogen) atoms. The van der Waals surface area contributed by atoms with E-state index in [0.29, 0.717) is 21.8 Å². The Kier molecular flexibility index (Phi) is 3.74. The Morgan fingerprint density at radius 1 is 1.40 bits per heavy atom. The summed E-state index contributed by atoms with van der Waals surface area (Å²) in [5, 5.41) is 12.1. The normalized spacial score (nSPS) is 15.1. The third-order valence-corrected chi connectivity index (χ3v) is 3.88. The minimum Gasteiger partial charge on any atom is -0.312 e. The number of aromatic nitrogens is 3. The Morgan fingerprint density at radius 2 is 2.20 bits per heavy atom. The Morgan fingerprint density at radius 3 is 2.85 bits per heavy atom. The number of halogens is 2. The van der Waals surface area contributed by atoms with Crippen LogP contribution in [0, 0.1) is 0 Å². The van der Waals surface area contributed by atoms with Crippen LogP contribution in [0.4, 0.5) is 0 Å². The Labute approximate surface area is 125 Å². The number of hydrogen-bond donors (Lipinski definition) is 1. The van der Waals surface area contributed by atoms with E-state index in [2.05, 4.69) is 15.6 Å². The monoisotopic (exact) mass is 310 g/mol. The van der Waals surface area contributed by atoms with Crippen LogP contribution in [-0.4, -0.2) is 33.9 Å². The van der Waals surface area contributed by atoms with E-state index >= 15 is 0 Å². The summed E-state index contributed by atoms with van der Waals surface area (Å²) in [5.74, 6) is -0.104. The van der Waals surface area contributed by atoms with Gasteiger partial charge >= 0.3 is 0 Å². The van der Waals surface area contributed by atoms with Crippen molar-refractivity contribution >= 4 is 29.0 Å². The van der Waals surface area contributed by atoms with Gasteiger partial charge in [0.25, 0.3) is 0 Å². The van der Waals surface area contributed by atoms with Crippen molar-refractivity contribution in [3.63, 3.8) is 0 Å². The molecule has 0 bridgehead atoms. The molecule has 2 aromatic rings. The predicted octanol–water partition coefficient (Wildman–Crippen LogP) is 2.15. The van der Waals surface area contributed by atoms with E-state index < -0.39 is 0 Å². The molecule has 1 aromatic carbocycles. The smallest absolute Gasteiger partial charge is 0.189 e. The molecule has 0 radical (unpaired) electrons. The molecule has 1 fully saturated rings. The number of carbonyl (C=O) groups is 1. The highest BCUT2D eigenvalue weighted by molar-refractivity contribution is 6.35. The number of rotatable bonds is 4. The van der Waals surface area contributed by atoms with Crippen molar-refractivity contribution in [1.29, 1.82) is 0 Å². The molecule has 7 heteroatoms. The molecule has 1 aliphatic heterocycles. The SMILES string of the molecule is O=C(Cc1ccc(Cl)cc1Cl)c1cn(C2CNC2)nn1. The molecule has 0 atom stereocenters. The second-order valence-corrected chi connectivity index (χ2v) is 5.58. The van der Waals surface area contributed by atoms with Gasteiger partial charge in [-0.2, -0.15) is 0 Å². The molecule has 2 heterocycles. The van der Waals surface area contributed by atoms with Crippen LogP contribution < -0.4 is 5.32 Å². The summed E-state index contributed by atoms with van der Waals surface area (Å²) in [6.45, 7) is 1.72. The predicted molar refractivity (Wildman–Crippen MR) is 76.4 cm³/mol. The van der Waals surface area contributed by atoms with E-state index in [-0.39, 0.29) is 12.2 Å². The topological polar surface area (TPSA) is 59.8 Å². The van der Waals surface area contributed by atoms with Gasteiger partial charge in [-0.05, 0) is 17.7 Å². The fourth-order valence-corrected chi connectivity index (χ4v) is 2.45. The number of nitrogens with one attached hydrogen (secondary N) is 1. The highest BCUT2D eigenvalue weighted by Gasteiger charge is 2.21. The van der Waals surface area contributed by atoms with E-state index in [1.165, 1.54) is 0 Å². The molecule has 1 saturated heterocycles. The molecule has 0 aliphatic carbocycles. The summed E-state index contributed by atoms with van der Waals surface area (Å²) in [5.41, 5.74) is 1.10. The van der Waals surface area contributed by atoms with E-state index in [4.69, 9.17) is 23.2 Å². The first kappa shape index (κ1) is 13.5. The highest BCUT2D eigenvalue weighted by atomic mass is 35.5. The van der Waals surface area contributed by atoms with Gasteiger partial charge in [-0.15, -0.1) is 5.10 Å². The van der Waals surface area contributed by atoms with Crippen molar-refractivity contribution in [3.8, 4) is 0 Å². The van der Waals surface area contributed by atoms with Crippen LogP contribution in [0.3, 0.4) is 0 Å². The molecule has 104 valence electrons. The first-order chi connectivity index (χ1) is 9.63. The van der Waals surface area contributed by atoms with Crippen LogP contribution in [0.15, 0.2) is 24.4 Å². The second-order valence-electron chi connectivity index (χ2n) is 4.73. The van der Waals surface area contributed by atoms with Crippen LogP contribution in [0.2, 0.25) is 10.0 Å².